The summed E-state index contributed by atoms with van der Waals surface area (Å²) in [4.78, 5) is 16.2. The van der Waals surface area contributed by atoms with Gasteiger partial charge in [-0.2, -0.15) is 5.10 Å². The molecule has 132 valence electrons. The lowest BCUT2D eigenvalue weighted by atomic mass is 10.1. The molecule has 0 fully saturated rings. The van der Waals surface area contributed by atoms with Crippen LogP contribution in [-0.4, -0.2) is 41.2 Å². The van der Waals surface area contributed by atoms with Crippen LogP contribution < -0.4 is 0 Å². The number of thiophene rings is 1. The summed E-state index contributed by atoms with van der Waals surface area (Å²) in [6.07, 6.45) is 2.31. The highest BCUT2D eigenvalue weighted by atomic mass is 32.1. The van der Waals surface area contributed by atoms with E-state index >= 15 is 0 Å². The monoisotopic (exact) mass is 357 g/mol. The molecule has 3 heterocycles. The van der Waals surface area contributed by atoms with Crippen LogP contribution in [-0.2, 0) is 4.79 Å². The first-order chi connectivity index (χ1) is 12.1. The van der Waals surface area contributed by atoms with Gasteiger partial charge < -0.3 is 4.42 Å². The maximum absolute atomic E-state index is 12.9. The van der Waals surface area contributed by atoms with Crippen LogP contribution >= 0.6 is 11.3 Å². The van der Waals surface area contributed by atoms with Crippen LogP contribution in [0, 0.1) is 0 Å². The van der Waals surface area contributed by atoms with Crippen molar-refractivity contribution >= 4 is 23.0 Å². The summed E-state index contributed by atoms with van der Waals surface area (Å²) in [7, 11) is 0. The molecule has 25 heavy (non-hydrogen) atoms. The summed E-state index contributed by atoms with van der Waals surface area (Å²) in [5, 5.41) is 8.26. The third kappa shape index (κ3) is 4.08. The van der Waals surface area contributed by atoms with Gasteiger partial charge in [0.2, 0.25) is 0 Å². The standard InChI is InChI=1S/C19H23N3O2S/c1-4-21(12-14(2)3)13-19(23)22-16(18-8-6-10-25-18)11-15(20-22)17-7-5-9-24-17/h5-10,16H,2,4,11-13H2,1,3H3. The summed E-state index contributed by atoms with van der Waals surface area (Å²) >= 11 is 1.65. The van der Waals surface area contributed by atoms with E-state index in [4.69, 9.17) is 4.42 Å². The van der Waals surface area contributed by atoms with Gasteiger partial charge >= 0.3 is 0 Å². The van der Waals surface area contributed by atoms with Crippen molar-refractivity contribution in [1.29, 1.82) is 0 Å². The van der Waals surface area contributed by atoms with Crippen molar-refractivity contribution in [2.45, 2.75) is 26.3 Å². The molecule has 1 aliphatic heterocycles. The number of nitrogens with zero attached hydrogens (tertiary/aromatic N) is 3. The molecular weight excluding hydrogens is 334 g/mol. The van der Waals surface area contributed by atoms with Crippen LogP contribution in [0.3, 0.4) is 0 Å². The first-order valence-corrected chi connectivity index (χ1v) is 9.30. The Kier molecular flexibility index (Phi) is 5.50. The van der Waals surface area contributed by atoms with E-state index < -0.39 is 0 Å². The molecule has 2 aromatic heterocycles. The fraction of sp³-hybridized carbons (Fsp3) is 0.368. The number of furan rings is 1. The molecule has 0 aliphatic carbocycles. The van der Waals surface area contributed by atoms with Crippen molar-refractivity contribution in [3.63, 3.8) is 0 Å². The Morgan fingerprint density at radius 3 is 2.88 bits per heavy atom. The normalized spacial score (nSPS) is 17.2. The summed E-state index contributed by atoms with van der Waals surface area (Å²) in [5.41, 5.74) is 1.87. The number of hydrogen-bond donors (Lipinski definition) is 0. The summed E-state index contributed by atoms with van der Waals surface area (Å²) in [6.45, 7) is 9.82. The van der Waals surface area contributed by atoms with Crippen LogP contribution in [0.25, 0.3) is 0 Å². The molecule has 3 rings (SSSR count). The molecule has 1 unspecified atom stereocenters. The molecule has 0 bridgehead atoms. The van der Waals surface area contributed by atoms with Gasteiger partial charge in [0.05, 0.1) is 18.8 Å². The average Bonchev–Trinajstić information content (AvgIpc) is 3.32. The summed E-state index contributed by atoms with van der Waals surface area (Å²) in [6, 6.07) is 7.73. The molecule has 1 aliphatic rings. The number of amides is 1. The van der Waals surface area contributed by atoms with E-state index in [-0.39, 0.29) is 11.9 Å². The molecule has 0 saturated carbocycles. The van der Waals surface area contributed by atoms with Crippen LogP contribution in [0.15, 0.2) is 57.6 Å². The minimum absolute atomic E-state index is 0.00283. The first kappa shape index (κ1) is 17.6. The van der Waals surface area contributed by atoms with Gasteiger partial charge in [-0.1, -0.05) is 25.1 Å². The molecule has 2 aromatic rings. The second-order valence-corrected chi connectivity index (χ2v) is 7.24. The predicted octanol–water partition coefficient (Wildman–Crippen LogP) is 3.92. The third-order valence-corrected chi connectivity index (χ3v) is 5.12. The van der Waals surface area contributed by atoms with E-state index in [0.29, 0.717) is 19.5 Å². The highest BCUT2D eigenvalue weighted by Gasteiger charge is 2.34. The summed E-state index contributed by atoms with van der Waals surface area (Å²) < 4.78 is 5.48. The highest BCUT2D eigenvalue weighted by Crippen LogP contribution is 2.35. The van der Waals surface area contributed by atoms with E-state index in [1.165, 1.54) is 0 Å². The lowest BCUT2D eigenvalue weighted by Crippen LogP contribution is -2.38. The SMILES string of the molecule is C=C(C)CN(CC)CC(=O)N1N=C(c2ccco2)CC1c1cccs1. The second kappa shape index (κ2) is 7.80. The molecule has 0 radical (unpaired) electrons. The second-order valence-electron chi connectivity index (χ2n) is 6.26. The Labute approximate surface area is 152 Å². The van der Waals surface area contributed by atoms with Gasteiger partial charge in [-0.15, -0.1) is 11.3 Å². The van der Waals surface area contributed by atoms with Crippen LogP contribution in [0.1, 0.15) is 36.9 Å². The Hall–Kier alpha value is -2.18. The van der Waals surface area contributed by atoms with Crippen molar-refractivity contribution in [2.24, 2.45) is 5.10 Å². The number of carbonyl (C=O) groups excluding carboxylic acids is 1. The van der Waals surface area contributed by atoms with E-state index in [2.05, 4.69) is 29.6 Å². The molecule has 6 heteroatoms. The number of rotatable bonds is 7. The maximum atomic E-state index is 12.9. The largest absolute Gasteiger partial charge is 0.463 e. The first-order valence-electron chi connectivity index (χ1n) is 8.42. The van der Waals surface area contributed by atoms with Crippen LogP contribution in [0.4, 0.5) is 0 Å². The quantitative estimate of drug-likeness (QED) is 0.706. The van der Waals surface area contributed by atoms with Crippen LogP contribution in [0.2, 0.25) is 0 Å². The van der Waals surface area contributed by atoms with Crippen molar-refractivity contribution in [1.82, 2.24) is 9.91 Å². The lowest BCUT2D eigenvalue weighted by molar-refractivity contribution is -0.134. The van der Waals surface area contributed by atoms with Crippen molar-refractivity contribution < 1.29 is 9.21 Å². The zero-order chi connectivity index (χ0) is 17.8. The average molecular weight is 357 g/mol. The fourth-order valence-corrected chi connectivity index (χ4v) is 3.77. The topological polar surface area (TPSA) is 49.1 Å². The van der Waals surface area contributed by atoms with E-state index in [0.717, 1.165) is 28.5 Å². The van der Waals surface area contributed by atoms with Crippen molar-refractivity contribution in [3.8, 4) is 0 Å². The van der Waals surface area contributed by atoms with Crippen molar-refractivity contribution in [2.75, 3.05) is 19.6 Å². The smallest absolute Gasteiger partial charge is 0.257 e. The number of likely N-dealkylation sites (N-methyl/N-ethyl adjacent to an activating group) is 1. The number of hydrogen-bond acceptors (Lipinski definition) is 5. The van der Waals surface area contributed by atoms with Gasteiger partial charge in [0.1, 0.15) is 11.5 Å². The van der Waals surface area contributed by atoms with E-state index in [9.17, 15) is 4.79 Å². The fourth-order valence-electron chi connectivity index (χ4n) is 2.96. The maximum Gasteiger partial charge on any atom is 0.257 e. The third-order valence-electron chi connectivity index (χ3n) is 4.14. The Balaban J connectivity index is 1.81. The van der Waals surface area contributed by atoms with E-state index in [1.807, 2.05) is 30.5 Å². The zero-order valence-electron chi connectivity index (χ0n) is 14.6. The van der Waals surface area contributed by atoms with Crippen LogP contribution in [0.5, 0.6) is 0 Å². The predicted molar refractivity (Wildman–Crippen MR) is 101 cm³/mol. The van der Waals surface area contributed by atoms with Crippen molar-refractivity contribution in [3.05, 3.63) is 58.7 Å². The highest BCUT2D eigenvalue weighted by molar-refractivity contribution is 7.10. The minimum atomic E-state index is -0.0591. The van der Waals surface area contributed by atoms with Gasteiger partial charge in [-0.3, -0.25) is 9.69 Å². The van der Waals surface area contributed by atoms with Gasteiger partial charge in [0.15, 0.2) is 0 Å². The van der Waals surface area contributed by atoms with E-state index in [1.54, 1.807) is 22.6 Å². The molecule has 0 N–H and O–H groups in total. The molecule has 1 atom stereocenters. The molecule has 0 saturated heterocycles. The summed E-state index contributed by atoms with van der Waals surface area (Å²) in [5.74, 6) is 0.731. The van der Waals surface area contributed by atoms with Gasteiger partial charge in [0, 0.05) is 17.8 Å². The Morgan fingerprint density at radius 2 is 2.28 bits per heavy atom. The molecule has 1 amide bonds. The lowest BCUT2D eigenvalue weighted by Gasteiger charge is -2.25. The zero-order valence-corrected chi connectivity index (χ0v) is 15.5. The minimum Gasteiger partial charge on any atom is -0.463 e. The van der Waals surface area contributed by atoms with Gasteiger partial charge in [-0.05, 0) is 37.0 Å². The van der Waals surface area contributed by atoms with Gasteiger partial charge in [0.25, 0.3) is 5.91 Å². The number of hydrazone groups is 1. The van der Waals surface area contributed by atoms with Gasteiger partial charge in [-0.25, -0.2) is 5.01 Å². The Morgan fingerprint density at radius 1 is 1.44 bits per heavy atom. The molecule has 5 nitrogen and oxygen atoms in total. The molecular formula is C19H23N3O2S. The Bertz CT molecular complexity index is 750. The number of carbonyl (C=O) groups is 1. The molecule has 0 aromatic carbocycles. The molecule has 0 spiro atoms.